The Balaban J connectivity index is 2.40. The molecule has 0 bridgehead atoms. The van der Waals surface area contributed by atoms with E-state index < -0.39 is 40.7 Å². The fraction of sp³-hybridized carbons (Fsp3) is 0.0769. The summed E-state index contributed by atoms with van der Waals surface area (Å²) in [5.41, 5.74) is -1.63. The Morgan fingerprint density at radius 1 is 0.810 bits per heavy atom. The summed E-state index contributed by atoms with van der Waals surface area (Å²) in [7, 11) is 0. The van der Waals surface area contributed by atoms with Crippen molar-refractivity contribution in [1.29, 1.82) is 0 Å². The molecule has 21 heavy (non-hydrogen) atoms. The normalized spacial score (nSPS) is 11.6. The van der Waals surface area contributed by atoms with Gasteiger partial charge in [-0.05, 0) is 24.3 Å². The standard InChI is InChI=1S/C13H5BrF6O/c14-6-3-10(17)12(11(18)4-6)13(19,20)21-7-1-2-8(15)9(16)5-7/h1-5H. The molecule has 0 fully saturated rings. The second-order valence-electron chi connectivity index (χ2n) is 3.94. The predicted molar refractivity (Wildman–Crippen MR) is 64.9 cm³/mol. The zero-order valence-corrected chi connectivity index (χ0v) is 11.5. The SMILES string of the molecule is Fc1ccc(OC(F)(F)c2c(F)cc(Br)cc2F)cc1F. The summed E-state index contributed by atoms with van der Waals surface area (Å²) in [5, 5.41) is 0. The minimum atomic E-state index is -4.40. The molecule has 2 rings (SSSR count). The van der Waals surface area contributed by atoms with E-state index in [0.717, 1.165) is 0 Å². The zero-order valence-electron chi connectivity index (χ0n) is 9.94. The average molecular weight is 371 g/mol. The van der Waals surface area contributed by atoms with E-state index in [2.05, 4.69) is 20.7 Å². The Morgan fingerprint density at radius 3 is 1.90 bits per heavy atom. The van der Waals surface area contributed by atoms with E-state index in [0.29, 0.717) is 30.3 Å². The summed E-state index contributed by atoms with van der Waals surface area (Å²) in [6.07, 6.45) is -4.40. The monoisotopic (exact) mass is 370 g/mol. The van der Waals surface area contributed by atoms with Gasteiger partial charge in [-0.3, -0.25) is 0 Å². The number of alkyl halides is 2. The molecule has 0 aromatic heterocycles. The molecule has 8 heteroatoms. The van der Waals surface area contributed by atoms with Crippen molar-refractivity contribution in [2.24, 2.45) is 0 Å². The lowest BCUT2D eigenvalue weighted by molar-refractivity contribution is -0.189. The number of hydrogen-bond acceptors (Lipinski definition) is 1. The van der Waals surface area contributed by atoms with Crippen LogP contribution in [-0.2, 0) is 6.11 Å². The molecule has 0 heterocycles. The van der Waals surface area contributed by atoms with E-state index in [4.69, 9.17) is 0 Å². The van der Waals surface area contributed by atoms with Crippen molar-refractivity contribution < 1.29 is 31.1 Å². The molecule has 0 spiro atoms. The third-order valence-electron chi connectivity index (χ3n) is 2.44. The molecule has 0 atom stereocenters. The Labute approximate surface area is 123 Å². The maximum atomic E-state index is 13.8. The molecule has 0 aliphatic rings. The van der Waals surface area contributed by atoms with Crippen LogP contribution < -0.4 is 4.74 Å². The van der Waals surface area contributed by atoms with Crippen LogP contribution in [0.1, 0.15) is 5.56 Å². The van der Waals surface area contributed by atoms with Crippen LogP contribution in [0.5, 0.6) is 5.75 Å². The molecule has 0 saturated heterocycles. The minimum Gasteiger partial charge on any atom is -0.429 e. The lowest BCUT2D eigenvalue weighted by Gasteiger charge is -2.19. The van der Waals surface area contributed by atoms with Gasteiger partial charge in [0.15, 0.2) is 11.6 Å². The Morgan fingerprint density at radius 2 is 1.38 bits per heavy atom. The van der Waals surface area contributed by atoms with E-state index >= 15 is 0 Å². The second kappa shape index (κ2) is 5.59. The number of rotatable bonds is 3. The van der Waals surface area contributed by atoms with Gasteiger partial charge in [0.05, 0.1) is 0 Å². The highest BCUT2D eigenvalue weighted by Crippen LogP contribution is 2.36. The van der Waals surface area contributed by atoms with Gasteiger partial charge >= 0.3 is 6.11 Å². The van der Waals surface area contributed by atoms with Crippen molar-refractivity contribution in [3.63, 3.8) is 0 Å². The Bertz CT molecular complexity index is 665. The van der Waals surface area contributed by atoms with Gasteiger partial charge in [0.25, 0.3) is 0 Å². The van der Waals surface area contributed by atoms with Crippen molar-refractivity contribution >= 4 is 15.9 Å². The summed E-state index contributed by atoms with van der Waals surface area (Å²) < 4.78 is 84.2. The first-order valence-electron chi connectivity index (χ1n) is 5.37. The number of hydrogen-bond donors (Lipinski definition) is 0. The molecule has 1 nitrogen and oxygen atoms in total. The molecule has 112 valence electrons. The van der Waals surface area contributed by atoms with Crippen molar-refractivity contribution in [2.75, 3.05) is 0 Å². The molecule has 0 saturated carbocycles. The topological polar surface area (TPSA) is 9.23 Å². The van der Waals surface area contributed by atoms with Gasteiger partial charge in [0.1, 0.15) is 22.9 Å². The fourth-order valence-corrected chi connectivity index (χ4v) is 1.96. The summed E-state index contributed by atoms with van der Waals surface area (Å²) in [6.45, 7) is 0. The quantitative estimate of drug-likeness (QED) is 0.680. The van der Waals surface area contributed by atoms with Gasteiger partial charge in [0, 0.05) is 10.5 Å². The highest BCUT2D eigenvalue weighted by Gasteiger charge is 2.41. The van der Waals surface area contributed by atoms with E-state index in [1.807, 2.05) is 0 Å². The largest absolute Gasteiger partial charge is 0.432 e. The van der Waals surface area contributed by atoms with Crippen LogP contribution in [0.25, 0.3) is 0 Å². The third-order valence-corrected chi connectivity index (χ3v) is 2.89. The number of halogens is 7. The van der Waals surface area contributed by atoms with Crippen LogP contribution in [0.15, 0.2) is 34.8 Å². The predicted octanol–water partition coefficient (Wildman–Crippen LogP) is 5.13. The molecule has 0 aliphatic heterocycles. The molecule has 0 radical (unpaired) electrons. The van der Waals surface area contributed by atoms with Crippen molar-refractivity contribution in [1.82, 2.24) is 0 Å². The summed E-state index contributed by atoms with van der Waals surface area (Å²) >= 11 is 2.74. The van der Waals surface area contributed by atoms with Crippen LogP contribution in [0.3, 0.4) is 0 Å². The molecule has 0 N–H and O–H groups in total. The van der Waals surface area contributed by atoms with Gasteiger partial charge in [-0.1, -0.05) is 15.9 Å². The van der Waals surface area contributed by atoms with Gasteiger partial charge in [0.2, 0.25) is 0 Å². The lowest BCUT2D eigenvalue weighted by Crippen LogP contribution is -2.25. The molecule has 2 aromatic rings. The lowest BCUT2D eigenvalue weighted by atomic mass is 10.2. The van der Waals surface area contributed by atoms with E-state index in [9.17, 15) is 26.3 Å². The van der Waals surface area contributed by atoms with Gasteiger partial charge < -0.3 is 4.74 Å². The molecule has 0 aliphatic carbocycles. The first-order chi connectivity index (χ1) is 9.70. The highest BCUT2D eigenvalue weighted by molar-refractivity contribution is 9.10. The number of ether oxygens (including phenoxy) is 1. The maximum Gasteiger partial charge on any atom is 0.432 e. The molecule has 2 aromatic carbocycles. The molecule has 0 unspecified atom stereocenters. The molecular formula is C13H5BrF6O. The molecular weight excluding hydrogens is 366 g/mol. The summed E-state index contributed by atoms with van der Waals surface area (Å²) in [5.74, 6) is -6.57. The average Bonchev–Trinajstić information content (AvgIpc) is 2.31. The van der Waals surface area contributed by atoms with Crippen LogP contribution in [0.2, 0.25) is 0 Å². The second-order valence-corrected chi connectivity index (χ2v) is 4.85. The van der Waals surface area contributed by atoms with Crippen molar-refractivity contribution in [3.05, 3.63) is 63.6 Å². The van der Waals surface area contributed by atoms with Gasteiger partial charge in [-0.2, -0.15) is 8.78 Å². The van der Waals surface area contributed by atoms with E-state index in [-0.39, 0.29) is 4.47 Å². The van der Waals surface area contributed by atoms with Crippen LogP contribution in [-0.4, -0.2) is 0 Å². The van der Waals surface area contributed by atoms with Crippen LogP contribution >= 0.6 is 15.9 Å². The van der Waals surface area contributed by atoms with Crippen molar-refractivity contribution in [2.45, 2.75) is 6.11 Å². The first-order valence-corrected chi connectivity index (χ1v) is 6.17. The zero-order chi connectivity index (χ0) is 15.8. The minimum absolute atomic E-state index is 0.0788. The van der Waals surface area contributed by atoms with Crippen molar-refractivity contribution in [3.8, 4) is 5.75 Å². The Kier molecular flexibility index (Phi) is 4.18. The molecule has 0 amide bonds. The fourth-order valence-electron chi connectivity index (χ4n) is 1.56. The first kappa shape index (κ1) is 15.7. The van der Waals surface area contributed by atoms with E-state index in [1.165, 1.54) is 0 Å². The van der Waals surface area contributed by atoms with Crippen LogP contribution in [0.4, 0.5) is 26.3 Å². The number of benzene rings is 2. The van der Waals surface area contributed by atoms with E-state index in [1.54, 1.807) is 0 Å². The van der Waals surface area contributed by atoms with Gasteiger partial charge in [-0.15, -0.1) is 0 Å². The summed E-state index contributed by atoms with van der Waals surface area (Å²) in [6, 6.07) is 2.86. The van der Waals surface area contributed by atoms with Gasteiger partial charge in [-0.25, -0.2) is 17.6 Å². The Hall–Kier alpha value is -1.70. The maximum absolute atomic E-state index is 13.8. The highest BCUT2D eigenvalue weighted by atomic mass is 79.9. The third kappa shape index (κ3) is 3.31. The van der Waals surface area contributed by atoms with Crippen LogP contribution in [0, 0.1) is 23.3 Å². The summed E-state index contributed by atoms with van der Waals surface area (Å²) in [4.78, 5) is 0. The smallest absolute Gasteiger partial charge is 0.429 e.